The summed E-state index contributed by atoms with van der Waals surface area (Å²) in [6.45, 7) is 7.10. The zero-order chi connectivity index (χ0) is 14.3. The minimum absolute atomic E-state index is 0. The van der Waals surface area contributed by atoms with Crippen LogP contribution in [0.4, 0.5) is 0 Å². The first kappa shape index (κ1) is 19.1. The number of likely N-dealkylation sites (N-methyl/N-ethyl adjacent to an activating group) is 1. The van der Waals surface area contributed by atoms with Crippen molar-refractivity contribution in [2.24, 2.45) is 5.92 Å². The molecule has 1 saturated heterocycles. The monoisotopic (exact) mass is 307 g/mol. The van der Waals surface area contributed by atoms with E-state index >= 15 is 0 Å². The Morgan fingerprint density at radius 3 is 2.85 bits per heavy atom. The summed E-state index contributed by atoms with van der Waals surface area (Å²) in [5.41, 5.74) is 0. The van der Waals surface area contributed by atoms with Gasteiger partial charge in [0.1, 0.15) is 0 Å². The van der Waals surface area contributed by atoms with Crippen LogP contribution in [0, 0.1) is 5.92 Å². The predicted octanol–water partition coefficient (Wildman–Crippen LogP) is 0.0173. The van der Waals surface area contributed by atoms with Crippen molar-refractivity contribution in [3.63, 3.8) is 0 Å². The van der Waals surface area contributed by atoms with Crippen LogP contribution in [-0.2, 0) is 14.3 Å². The van der Waals surface area contributed by atoms with Crippen molar-refractivity contribution in [1.82, 2.24) is 15.5 Å². The SMILES string of the molecule is CCN[C@H](C)CNC(=O)C1CC(=O)N(CCOC)C1.Cl. The average molecular weight is 308 g/mol. The van der Waals surface area contributed by atoms with Gasteiger partial charge in [0.15, 0.2) is 0 Å². The highest BCUT2D eigenvalue weighted by atomic mass is 35.5. The van der Waals surface area contributed by atoms with E-state index in [1.807, 2.05) is 13.8 Å². The summed E-state index contributed by atoms with van der Waals surface area (Å²) in [5, 5.41) is 6.12. The Bertz CT molecular complexity index is 315. The smallest absolute Gasteiger partial charge is 0.225 e. The molecule has 0 aliphatic carbocycles. The van der Waals surface area contributed by atoms with Gasteiger partial charge in [0.2, 0.25) is 11.8 Å². The van der Waals surface area contributed by atoms with Crippen LogP contribution in [0.5, 0.6) is 0 Å². The molecule has 1 fully saturated rings. The van der Waals surface area contributed by atoms with Crippen molar-refractivity contribution in [2.75, 3.05) is 39.9 Å². The van der Waals surface area contributed by atoms with E-state index in [-0.39, 0.29) is 36.2 Å². The fourth-order valence-electron chi connectivity index (χ4n) is 2.18. The van der Waals surface area contributed by atoms with Gasteiger partial charge >= 0.3 is 0 Å². The van der Waals surface area contributed by atoms with Gasteiger partial charge in [-0.25, -0.2) is 0 Å². The summed E-state index contributed by atoms with van der Waals surface area (Å²) in [6.07, 6.45) is 0.311. The van der Waals surface area contributed by atoms with E-state index in [0.717, 1.165) is 6.54 Å². The highest BCUT2D eigenvalue weighted by Gasteiger charge is 2.33. The first-order chi connectivity index (χ1) is 9.08. The van der Waals surface area contributed by atoms with Crippen molar-refractivity contribution in [1.29, 1.82) is 0 Å². The third kappa shape index (κ3) is 6.07. The van der Waals surface area contributed by atoms with Gasteiger partial charge in [0.05, 0.1) is 12.5 Å². The molecule has 0 radical (unpaired) electrons. The summed E-state index contributed by atoms with van der Waals surface area (Å²) in [5.74, 6) is -0.215. The minimum Gasteiger partial charge on any atom is -0.383 e. The third-order valence-electron chi connectivity index (χ3n) is 3.29. The topological polar surface area (TPSA) is 70.7 Å². The number of carbonyl (C=O) groups is 2. The summed E-state index contributed by atoms with van der Waals surface area (Å²) >= 11 is 0. The molecule has 1 aliphatic rings. The Balaban J connectivity index is 0.00000361. The molecule has 2 amide bonds. The Morgan fingerprint density at radius 2 is 2.25 bits per heavy atom. The molecule has 0 spiro atoms. The zero-order valence-electron chi connectivity index (χ0n) is 12.5. The van der Waals surface area contributed by atoms with Gasteiger partial charge < -0.3 is 20.3 Å². The molecule has 2 atom stereocenters. The van der Waals surface area contributed by atoms with Crippen LogP contribution < -0.4 is 10.6 Å². The molecule has 0 aromatic carbocycles. The van der Waals surface area contributed by atoms with Crippen LogP contribution in [0.3, 0.4) is 0 Å². The van der Waals surface area contributed by atoms with Crippen molar-refractivity contribution in [3.05, 3.63) is 0 Å². The molecule has 0 aromatic heterocycles. The fourth-order valence-corrected chi connectivity index (χ4v) is 2.18. The summed E-state index contributed by atoms with van der Waals surface area (Å²) in [7, 11) is 1.60. The number of hydrogen-bond donors (Lipinski definition) is 2. The van der Waals surface area contributed by atoms with E-state index in [4.69, 9.17) is 4.74 Å². The molecule has 0 bridgehead atoms. The maximum absolute atomic E-state index is 12.0. The van der Waals surface area contributed by atoms with E-state index < -0.39 is 0 Å². The lowest BCUT2D eigenvalue weighted by atomic mass is 10.1. The number of methoxy groups -OCH3 is 1. The predicted molar refractivity (Wildman–Crippen MR) is 80.0 cm³/mol. The van der Waals surface area contributed by atoms with E-state index in [1.54, 1.807) is 12.0 Å². The second-order valence-electron chi connectivity index (χ2n) is 4.94. The number of nitrogens with one attached hydrogen (secondary N) is 2. The second-order valence-corrected chi connectivity index (χ2v) is 4.94. The molecule has 1 unspecified atom stereocenters. The number of rotatable bonds is 8. The average Bonchev–Trinajstić information content (AvgIpc) is 2.75. The molecule has 7 heteroatoms. The van der Waals surface area contributed by atoms with Crippen LogP contribution in [-0.4, -0.2) is 62.7 Å². The van der Waals surface area contributed by atoms with Gasteiger partial charge in [-0.3, -0.25) is 9.59 Å². The molecular formula is C13H26ClN3O3. The molecule has 1 aliphatic heterocycles. The lowest BCUT2D eigenvalue weighted by Crippen LogP contribution is -2.41. The molecule has 1 rings (SSSR count). The number of carbonyl (C=O) groups excluding carboxylic acids is 2. The number of likely N-dealkylation sites (tertiary alicyclic amines) is 1. The standard InChI is InChI=1S/C13H25N3O3.ClH/c1-4-14-10(2)8-15-13(18)11-7-12(17)16(9-11)5-6-19-3;/h10-11,14H,4-9H2,1-3H3,(H,15,18);1H/t10-,11?;/m1./s1. The van der Waals surface area contributed by atoms with Gasteiger partial charge in [-0.2, -0.15) is 0 Å². The first-order valence-electron chi connectivity index (χ1n) is 6.86. The van der Waals surface area contributed by atoms with Crippen LogP contribution in [0.15, 0.2) is 0 Å². The summed E-state index contributed by atoms with van der Waals surface area (Å²) < 4.78 is 4.95. The van der Waals surface area contributed by atoms with E-state index in [2.05, 4.69) is 10.6 Å². The summed E-state index contributed by atoms with van der Waals surface area (Å²) in [6, 6.07) is 0.246. The number of ether oxygens (including phenoxy) is 1. The van der Waals surface area contributed by atoms with Crippen molar-refractivity contribution < 1.29 is 14.3 Å². The molecule has 20 heavy (non-hydrogen) atoms. The maximum atomic E-state index is 12.0. The minimum atomic E-state index is -0.224. The molecular weight excluding hydrogens is 282 g/mol. The third-order valence-corrected chi connectivity index (χ3v) is 3.29. The van der Waals surface area contributed by atoms with E-state index in [0.29, 0.717) is 32.7 Å². The number of hydrogen-bond acceptors (Lipinski definition) is 4. The Labute approximate surface area is 127 Å². The number of nitrogens with zero attached hydrogens (tertiary/aromatic N) is 1. The van der Waals surface area contributed by atoms with Crippen molar-refractivity contribution in [3.8, 4) is 0 Å². The Kier molecular flexibility index (Phi) is 9.54. The van der Waals surface area contributed by atoms with Crippen molar-refractivity contribution in [2.45, 2.75) is 26.3 Å². The second kappa shape index (κ2) is 9.96. The number of halogens is 1. The molecule has 6 nitrogen and oxygen atoms in total. The van der Waals surface area contributed by atoms with Crippen LogP contribution in [0.2, 0.25) is 0 Å². The van der Waals surface area contributed by atoms with Crippen LogP contribution in [0.25, 0.3) is 0 Å². The van der Waals surface area contributed by atoms with Gasteiger partial charge in [0.25, 0.3) is 0 Å². The first-order valence-corrected chi connectivity index (χ1v) is 6.86. The van der Waals surface area contributed by atoms with E-state index in [9.17, 15) is 9.59 Å². The Morgan fingerprint density at radius 1 is 1.55 bits per heavy atom. The summed E-state index contributed by atoms with van der Waals surface area (Å²) in [4.78, 5) is 25.4. The lowest BCUT2D eigenvalue weighted by molar-refractivity contribution is -0.129. The van der Waals surface area contributed by atoms with Gasteiger partial charge in [-0.1, -0.05) is 6.92 Å². The van der Waals surface area contributed by atoms with Gasteiger partial charge in [-0.05, 0) is 13.5 Å². The quantitative estimate of drug-likeness (QED) is 0.663. The fraction of sp³-hybridized carbons (Fsp3) is 0.846. The largest absolute Gasteiger partial charge is 0.383 e. The molecule has 118 valence electrons. The lowest BCUT2D eigenvalue weighted by Gasteiger charge is -2.17. The molecule has 1 heterocycles. The molecule has 0 aromatic rings. The molecule has 0 saturated carbocycles. The highest BCUT2D eigenvalue weighted by Crippen LogP contribution is 2.17. The van der Waals surface area contributed by atoms with Crippen molar-refractivity contribution >= 4 is 24.2 Å². The van der Waals surface area contributed by atoms with E-state index in [1.165, 1.54) is 0 Å². The van der Waals surface area contributed by atoms with Gasteiger partial charge in [-0.15, -0.1) is 12.4 Å². The van der Waals surface area contributed by atoms with Crippen LogP contribution >= 0.6 is 12.4 Å². The molecule has 2 N–H and O–H groups in total. The normalized spacial score (nSPS) is 19.6. The van der Waals surface area contributed by atoms with Gasteiger partial charge in [0, 0.05) is 39.2 Å². The Hall–Kier alpha value is -0.850. The number of amides is 2. The highest BCUT2D eigenvalue weighted by molar-refractivity contribution is 5.89. The maximum Gasteiger partial charge on any atom is 0.225 e. The van der Waals surface area contributed by atoms with Crippen LogP contribution in [0.1, 0.15) is 20.3 Å². The zero-order valence-corrected chi connectivity index (χ0v) is 13.3.